The van der Waals surface area contributed by atoms with Crippen LogP contribution in [0.4, 0.5) is 5.82 Å². The first-order valence-corrected chi connectivity index (χ1v) is 7.30. The second-order valence-electron chi connectivity index (χ2n) is 5.31. The van der Waals surface area contributed by atoms with E-state index in [0.717, 1.165) is 43.0 Å². The molecular formula is C16H20N4O. The highest BCUT2D eigenvalue weighted by atomic mass is 16.5. The number of likely N-dealkylation sites (N-methyl/N-ethyl adjacent to an activating group) is 1. The average molecular weight is 284 g/mol. The van der Waals surface area contributed by atoms with Gasteiger partial charge in [0.15, 0.2) is 5.82 Å². The summed E-state index contributed by atoms with van der Waals surface area (Å²) in [6.45, 7) is 1.52. The molecule has 5 nitrogen and oxygen atoms in total. The molecule has 2 heterocycles. The van der Waals surface area contributed by atoms with Gasteiger partial charge in [0.25, 0.3) is 0 Å². The molecule has 0 radical (unpaired) electrons. The van der Waals surface area contributed by atoms with Crippen molar-refractivity contribution in [3.63, 3.8) is 0 Å². The molecule has 0 spiro atoms. The first kappa shape index (κ1) is 13.9. The van der Waals surface area contributed by atoms with Gasteiger partial charge in [-0.3, -0.25) is 4.98 Å². The Balaban J connectivity index is 2.00. The summed E-state index contributed by atoms with van der Waals surface area (Å²) in [5.74, 6) is 1.80. The van der Waals surface area contributed by atoms with Crippen molar-refractivity contribution in [2.24, 2.45) is 0 Å². The van der Waals surface area contributed by atoms with Crippen molar-refractivity contribution in [3.05, 3.63) is 35.8 Å². The van der Waals surface area contributed by atoms with Crippen LogP contribution in [0.15, 0.2) is 24.5 Å². The lowest BCUT2D eigenvalue weighted by molar-refractivity contribution is 0.206. The molecule has 0 bridgehead atoms. The van der Waals surface area contributed by atoms with Crippen LogP contribution in [-0.4, -0.2) is 42.3 Å². The third kappa shape index (κ3) is 2.88. The largest absolute Gasteiger partial charge is 0.383 e. The zero-order valence-electron chi connectivity index (χ0n) is 12.5. The first-order valence-electron chi connectivity index (χ1n) is 7.30. The van der Waals surface area contributed by atoms with E-state index in [1.54, 1.807) is 13.3 Å². The van der Waals surface area contributed by atoms with Crippen LogP contribution in [0.5, 0.6) is 0 Å². The minimum Gasteiger partial charge on any atom is -0.383 e. The molecule has 3 rings (SSSR count). The highest BCUT2D eigenvalue weighted by Crippen LogP contribution is 2.30. The van der Waals surface area contributed by atoms with Crippen LogP contribution in [-0.2, 0) is 17.6 Å². The molecule has 0 amide bonds. The van der Waals surface area contributed by atoms with Gasteiger partial charge in [-0.05, 0) is 31.4 Å². The van der Waals surface area contributed by atoms with E-state index in [-0.39, 0.29) is 0 Å². The number of pyridine rings is 1. The topological polar surface area (TPSA) is 51.1 Å². The number of hydrogen-bond acceptors (Lipinski definition) is 5. The molecule has 0 aliphatic heterocycles. The molecular weight excluding hydrogens is 264 g/mol. The Morgan fingerprint density at radius 3 is 2.95 bits per heavy atom. The fourth-order valence-corrected chi connectivity index (χ4v) is 2.69. The van der Waals surface area contributed by atoms with Crippen LogP contribution in [0.3, 0.4) is 0 Å². The highest BCUT2D eigenvalue weighted by Gasteiger charge is 2.21. The van der Waals surface area contributed by atoms with Crippen LogP contribution >= 0.6 is 0 Å². The van der Waals surface area contributed by atoms with Crippen molar-refractivity contribution >= 4 is 5.82 Å². The van der Waals surface area contributed by atoms with Crippen LogP contribution in [0.2, 0.25) is 0 Å². The van der Waals surface area contributed by atoms with Gasteiger partial charge in [-0.15, -0.1) is 0 Å². The first-order chi connectivity index (χ1) is 10.3. The fourth-order valence-electron chi connectivity index (χ4n) is 2.69. The van der Waals surface area contributed by atoms with E-state index < -0.39 is 0 Å². The lowest BCUT2D eigenvalue weighted by Gasteiger charge is -2.21. The van der Waals surface area contributed by atoms with Crippen molar-refractivity contribution in [2.75, 3.05) is 32.2 Å². The molecule has 2 aromatic rings. The molecule has 0 saturated carbocycles. The second kappa shape index (κ2) is 6.18. The van der Waals surface area contributed by atoms with E-state index in [4.69, 9.17) is 14.7 Å². The van der Waals surface area contributed by atoms with Crippen molar-refractivity contribution in [3.8, 4) is 11.4 Å². The number of methoxy groups -OCH3 is 1. The number of nitrogens with zero attached hydrogens (tertiary/aromatic N) is 4. The van der Waals surface area contributed by atoms with Gasteiger partial charge in [-0.1, -0.05) is 0 Å². The predicted molar refractivity (Wildman–Crippen MR) is 82.4 cm³/mol. The minimum atomic E-state index is 0.692. The summed E-state index contributed by atoms with van der Waals surface area (Å²) in [6.07, 6.45) is 6.84. The zero-order chi connectivity index (χ0) is 14.7. The lowest BCUT2D eigenvalue weighted by Crippen LogP contribution is -2.25. The van der Waals surface area contributed by atoms with Crippen LogP contribution < -0.4 is 4.90 Å². The predicted octanol–water partition coefficient (Wildman–Crippen LogP) is 2.11. The number of rotatable bonds is 5. The minimum absolute atomic E-state index is 0.692. The van der Waals surface area contributed by atoms with Gasteiger partial charge in [0.1, 0.15) is 5.82 Å². The highest BCUT2D eigenvalue weighted by molar-refractivity contribution is 5.60. The van der Waals surface area contributed by atoms with Crippen molar-refractivity contribution < 1.29 is 4.74 Å². The quantitative estimate of drug-likeness (QED) is 0.841. The van der Waals surface area contributed by atoms with Crippen LogP contribution in [0.25, 0.3) is 11.4 Å². The Kier molecular flexibility index (Phi) is 4.10. The molecule has 1 aliphatic rings. The SMILES string of the molecule is COCCN(C)c1nc(-c2cccnc2)nc2c1CCC2. The monoisotopic (exact) mass is 284 g/mol. The molecule has 0 fully saturated rings. The normalized spacial score (nSPS) is 13.2. The van der Waals surface area contributed by atoms with E-state index in [2.05, 4.69) is 16.9 Å². The third-order valence-corrected chi connectivity index (χ3v) is 3.82. The fraction of sp³-hybridized carbons (Fsp3) is 0.438. The standard InChI is InChI=1S/C16H20N4O/c1-20(9-10-21-2)16-13-6-3-7-14(13)18-15(19-16)12-5-4-8-17-11-12/h4-5,8,11H,3,6-7,9-10H2,1-2H3. The van der Waals surface area contributed by atoms with Crippen molar-refractivity contribution in [1.29, 1.82) is 0 Å². The molecule has 0 N–H and O–H groups in total. The molecule has 21 heavy (non-hydrogen) atoms. The molecule has 0 saturated heterocycles. The van der Waals surface area contributed by atoms with E-state index in [1.165, 1.54) is 11.3 Å². The van der Waals surface area contributed by atoms with E-state index in [1.807, 2.05) is 18.3 Å². The summed E-state index contributed by atoms with van der Waals surface area (Å²) in [5.41, 5.74) is 3.44. The van der Waals surface area contributed by atoms with Gasteiger partial charge in [0.2, 0.25) is 0 Å². The van der Waals surface area contributed by atoms with Crippen LogP contribution in [0.1, 0.15) is 17.7 Å². The molecule has 2 aromatic heterocycles. The maximum atomic E-state index is 5.17. The number of hydrogen-bond donors (Lipinski definition) is 0. The molecule has 0 unspecified atom stereocenters. The molecule has 1 aliphatic carbocycles. The van der Waals surface area contributed by atoms with E-state index >= 15 is 0 Å². The Hall–Kier alpha value is -2.01. The van der Waals surface area contributed by atoms with Crippen LogP contribution in [0, 0.1) is 0 Å². The van der Waals surface area contributed by atoms with E-state index in [9.17, 15) is 0 Å². The number of fused-ring (bicyclic) bond motifs is 1. The Morgan fingerprint density at radius 2 is 2.19 bits per heavy atom. The van der Waals surface area contributed by atoms with E-state index in [0.29, 0.717) is 6.61 Å². The number of aryl methyl sites for hydroxylation is 1. The zero-order valence-corrected chi connectivity index (χ0v) is 12.5. The Morgan fingerprint density at radius 1 is 1.29 bits per heavy atom. The molecule has 0 aromatic carbocycles. The van der Waals surface area contributed by atoms with Gasteiger partial charge < -0.3 is 9.64 Å². The van der Waals surface area contributed by atoms with Crippen molar-refractivity contribution in [1.82, 2.24) is 15.0 Å². The van der Waals surface area contributed by atoms with Crippen molar-refractivity contribution in [2.45, 2.75) is 19.3 Å². The maximum absolute atomic E-state index is 5.17. The molecule has 0 atom stereocenters. The van der Waals surface area contributed by atoms with Gasteiger partial charge in [-0.25, -0.2) is 9.97 Å². The average Bonchev–Trinajstić information content (AvgIpc) is 3.01. The number of anilines is 1. The third-order valence-electron chi connectivity index (χ3n) is 3.82. The second-order valence-corrected chi connectivity index (χ2v) is 5.31. The summed E-state index contributed by atoms with van der Waals surface area (Å²) in [6, 6.07) is 3.92. The summed E-state index contributed by atoms with van der Waals surface area (Å²) < 4.78 is 5.17. The summed E-state index contributed by atoms with van der Waals surface area (Å²) in [4.78, 5) is 15.9. The molecule has 110 valence electrons. The van der Waals surface area contributed by atoms with Gasteiger partial charge in [0, 0.05) is 49.9 Å². The summed E-state index contributed by atoms with van der Waals surface area (Å²) >= 11 is 0. The Labute approximate surface area is 125 Å². The lowest BCUT2D eigenvalue weighted by atomic mass is 10.2. The summed E-state index contributed by atoms with van der Waals surface area (Å²) in [5, 5.41) is 0. The van der Waals surface area contributed by atoms with Gasteiger partial charge in [-0.2, -0.15) is 0 Å². The smallest absolute Gasteiger partial charge is 0.163 e. The van der Waals surface area contributed by atoms with Gasteiger partial charge >= 0.3 is 0 Å². The van der Waals surface area contributed by atoms with Gasteiger partial charge in [0.05, 0.1) is 6.61 Å². The number of aromatic nitrogens is 3. The Bertz CT molecular complexity index is 615. The number of ether oxygens (including phenoxy) is 1. The maximum Gasteiger partial charge on any atom is 0.163 e. The molecule has 5 heteroatoms. The summed E-state index contributed by atoms with van der Waals surface area (Å²) in [7, 11) is 3.78.